The molecule has 3 rings (SSSR count). The number of fused-ring (bicyclic) bond motifs is 1. The summed E-state index contributed by atoms with van der Waals surface area (Å²) in [5.41, 5.74) is 3.74. The van der Waals surface area contributed by atoms with E-state index in [1.54, 1.807) is 7.11 Å². The smallest absolute Gasteiger partial charge is 0.272 e. The van der Waals surface area contributed by atoms with E-state index in [1.807, 2.05) is 28.9 Å². The van der Waals surface area contributed by atoms with Gasteiger partial charge < -0.3 is 15.4 Å². The molecule has 0 aliphatic heterocycles. The molecule has 0 saturated heterocycles. The van der Waals surface area contributed by atoms with Gasteiger partial charge in [-0.3, -0.25) is 4.79 Å². The zero-order valence-electron chi connectivity index (χ0n) is 15.8. The predicted molar refractivity (Wildman–Crippen MR) is 107 cm³/mol. The lowest BCUT2D eigenvalue weighted by Crippen LogP contribution is -2.33. The van der Waals surface area contributed by atoms with E-state index >= 15 is 0 Å². The Kier molecular flexibility index (Phi) is 7.26. The number of rotatable bonds is 8. The molecule has 2 N–H and O–H groups in total. The van der Waals surface area contributed by atoms with Crippen LogP contribution in [0.25, 0.3) is 5.69 Å². The summed E-state index contributed by atoms with van der Waals surface area (Å²) in [6, 6.07) is 7.60. The predicted octanol–water partition coefficient (Wildman–Crippen LogP) is 2.76. The number of aromatic nitrogens is 2. The van der Waals surface area contributed by atoms with Crippen molar-refractivity contribution in [2.24, 2.45) is 0 Å². The summed E-state index contributed by atoms with van der Waals surface area (Å²) in [7, 11) is 1.67. The number of amides is 1. The maximum absolute atomic E-state index is 12.8. The number of nitrogens with one attached hydrogen (secondary N) is 2. The van der Waals surface area contributed by atoms with E-state index in [2.05, 4.69) is 15.7 Å². The van der Waals surface area contributed by atoms with Gasteiger partial charge in [0.2, 0.25) is 0 Å². The van der Waals surface area contributed by atoms with Gasteiger partial charge in [0.15, 0.2) is 5.69 Å². The van der Waals surface area contributed by atoms with Crippen LogP contribution in [0.15, 0.2) is 24.3 Å². The Labute approximate surface area is 165 Å². The highest BCUT2D eigenvalue weighted by molar-refractivity contribution is 6.30. The third kappa shape index (κ3) is 5.09. The SMILES string of the molecule is COCCNCCNC(=O)c1nn(-c2ccc(Cl)cc2)c2c1CCCCC2. The van der Waals surface area contributed by atoms with Crippen LogP contribution in [0.4, 0.5) is 0 Å². The van der Waals surface area contributed by atoms with Crippen molar-refractivity contribution in [1.29, 1.82) is 0 Å². The molecule has 0 spiro atoms. The van der Waals surface area contributed by atoms with E-state index in [0.717, 1.165) is 49.2 Å². The lowest BCUT2D eigenvalue weighted by Gasteiger charge is -2.07. The standard InChI is InChI=1S/C20H27ClN4O2/c1-27-14-13-22-11-12-23-20(26)19-17-5-3-2-4-6-18(17)25(24-19)16-9-7-15(21)8-10-16/h7-10,22H,2-6,11-14H2,1H3,(H,23,26). The molecule has 7 heteroatoms. The van der Waals surface area contributed by atoms with Crippen LogP contribution >= 0.6 is 11.6 Å². The molecule has 0 unspecified atom stereocenters. The van der Waals surface area contributed by atoms with Crippen LogP contribution in [-0.2, 0) is 17.6 Å². The molecular weight excluding hydrogens is 364 g/mol. The number of hydrogen-bond acceptors (Lipinski definition) is 4. The number of nitrogens with zero attached hydrogens (tertiary/aromatic N) is 2. The number of benzene rings is 1. The Bertz CT molecular complexity index is 758. The number of hydrogen-bond donors (Lipinski definition) is 2. The molecule has 0 atom stereocenters. The molecule has 2 aromatic rings. The fourth-order valence-corrected chi connectivity index (χ4v) is 3.53. The zero-order valence-corrected chi connectivity index (χ0v) is 16.5. The summed E-state index contributed by atoms with van der Waals surface area (Å²) >= 11 is 6.02. The summed E-state index contributed by atoms with van der Waals surface area (Å²) in [4.78, 5) is 12.8. The van der Waals surface area contributed by atoms with E-state index in [4.69, 9.17) is 16.3 Å². The summed E-state index contributed by atoms with van der Waals surface area (Å²) in [6.07, 6.45) is 5.24. The fraction of sp³-hybridized carbons (Fsp3) is 0.500. The van der Waals surface area contributed by atoms with E-state index in [-0.39, 0.29) is 5.91 Å². The highest BCUT2D eigenvalue weighted by atomic mass is 35.5. The minimum absolute atomic E-state index is 0.102. The van der Waals surface area contributed by atoms with Crippen LogP contribution < -0.4 is 10.6 Å². The number of halogens is 1. The van der Waals surface area contributed by atoms with E-state index < -0.39 is 0 Å². The summed E-state index contributed by atoms with van der Waals surface area (Å²) < 4.78 is 6.91. The van der Waals surface area contributed by atoms with Crippen LogP contribution in [0.1, 0.15) is 41.0 Å². The van der Waals surface area contributed by atoms with Crippen molar-refractivity contribution in [2.75, 3.05) is 33.4 Å². The fourth-order valence-electron chi connectivity index (χ4n) is 3.40. The van der Waals surface area contributed by atoms with Crippen LogP contribution in [-0.4, -0.2) is 49.0 Å². The van der Waals surface area contributed by atoms with Crippen LogP contribution in [0.2, 0.25) is 5.02 Å². The van der Waals surface area contributed by atoms with Crippen LogP contribution in [0, 0.1) is 0 Å². The van der Waals surface area contributed by atoms with Crippen molar-refractivity contribution >= 4 is 17.5 Å². The van der Waals surface area contributed by atoms with Gasteiger partial charge in [0.25, 0.3) is 5.91 Å². The van der Waals surface area contributed by atoms with Crippen LogP contribution in [0.5, 0.6) is 0 Å². The molecule has 0 bridgehead atoms. The lowest BCUT2D eigenvalue weighted by molar-refractivity contribution is 0.0947. The average Bonchev–Trinajstić information content (AvgIpc) is 2.86. The Hall–Kier alpha value is -1.89. The Morgan fingerprint density at radius 2 is 1.93 bits per heavy atom. The van der Waals surface area contributed by atoms with Crippen molar-refractivity contribution < 1.29 is 9.53 Å². The second kappa shape index (κ2) is 9.88. The first-order valence-electron chi connectivity index (χ1n) is 9.55. The Morgan fingerprint density at radius 3 is 2.70 bits per heavy atom. The van der Waals surface area contributed by atoms with Gasteiger partial charge in [-0.2, -0.15) is 5.10 Å². The zero-order chi connectivity index (χ0) is 19.1. The Morgan fingerprint density at radius 1 is 1.15 bits per heavy atom. The molecular formula is C20H27ClN4O2. The van der Waals surface area contributed by atoms with Gasteiger partial charge in [0, 0.05) is 43.0 Å². The minimum atomic E-state index is -0.102. The highest BCUT2D eigenvalue weighted by Crippen LogP contribution is 2.26. The largest absolute Gasteiger partial charge is 0.383 e. The monoisotopic (exact) mass is 390 g/mol. The van der Waals surface area contributed by atoms with Gasteiger partial charge in [0.1, 0.15) is 0 Å². The molecule has 1 aliphatic rings. The molecule has 6 nitrogen and oxygen atoms in total. The minimum Gasteiger partial charge on any atom is -0.383 e. The first-order valence-corrected chi connectivity index (χ1v) is 9.93. The molecule has 146 valence electrons. The second-order valence-electron chi connectivity index (χ2n) is 6.72. The molecule has 27 heavy (non-hydrogen) atoms. The molecule has 1 aromatic heterocycles. The highest BCUT2D eigenvalue weighted by Gasteiger charge is 2.24. The van der Waals surface area contributed by atoms with Crippen molar-refractivity contribution in [3.05, 3.63) is 46.2 Å². The summed E-state index contributed by atoms with van der Waals surface area (Å²) in [6.45, 7) is 2.69. The van der Waals surface area contributed by atoms with Gasteiger partial charge in [-0.05, 0) is 49.9 Å². The Balaban J connectivity index is 1.76. The van der Waals surface area contributed by atoms with Gasteiger partial charge in [-0.15, -0.1) is 0 Å². The van der Waals surface area contributed by atoms with E-state index in [0.29, 0.717) is 30.4 Å². The average molecular weight is 391 g/mol. The quantitative estimate of drug-likeness (QED) is 0.537. The maximum Gasteiger partial charge on any atom is 0.272 e. The molecule has 0 fully saturated rings. The molecule has 1 aromatic carbocycles. The van der Waals surface area contributed by atoms with Crippen molar-refractivity contribution in [3.63, 3.8) is 0 Å². The van der Waals surface area contributed by atoms with Crippen molar-refractivity contribution in [2.45, 2.75) is 32.1 Å². The van der Waals surface area contributed by atoms with Gasteiger partial charge >= 0.3 is 0 Å². The third-order valence-electron chi connectivity index (χ3n) is 4.79. The van der Waals surface area contributed by atoms with Crippen LogP contribution in [0.3, 0.4) is 0 Å². The molecule has 1 amide bonds. The normalized spacial score (nSPS) is 13.9. The number of methoxy groups -OCH3 is 1. The van der Waals surface area contributed by atoms with E-state index in [1.165, 1.54) is 6.42 Å². The second-order valence-corrected chi connectivity index (χ2v) is 7.16. The third-order valence-corrected chi connectivity index (χ3v) is 5.04. The summed E-state index contributed by atoms with van der Waals surface area (Å²) in [5, 5.41) is 11.6. The molecule has 0 radical (unpaired) electrons. The topological polar surface area (TPSA) is 68.2 Å². The van der Waals surface area contributed by atoms with Gasteiger partial charge in [-0.25, -0.2) is 4.68 Å². The molecule has 1 aliphatic carbocycles. The molecule has 0 saturated carbocycles. The van der Waals surface area contributed by atoms with Crippen molar-refractivity contribution in [3.8, 4) is 5.69 Å². The number of ether oxygens (including phenoxy) is 1. The first-order chi connectivity index (χ1) is 13.2. The van der Waals surface area contributed by atoms with Crippen molar-refractivity contribution in [1.82, 2.24) is 20.4 Å². The summed E-state index contributed by atoms with van der Waals surface area (Å²) in [5.74, 6) is -0.102. The first kappa shape index (κ1) is 19.9. The number of carbonyl (C=O) groups excluding carboxylic acids is 1. The van der Waals surface area contributed by atoms with Gasteiger partial charge in [0.05, 0.1) is 12.3 Å². The lowest BCUT2D eigenvalue weighted by atomic mass is 10.1. The van der Waals surface area contributed by atoms with E-state index in [9.17, 15) is 4.79 Å². The maximum atomic E-state index is 12.8. The molecule has 1 heterocycles. The van der Waals surface area contributed by atoms with Gasteiger partial charge in [-0.1, -0.05) is 18.0 Å². The number of carbonyl (C=O) groups is 1.